The summed E-state index contributed by atoms with van der Waals surface area (Å²) in [7, 11) is 1.63. The third-order valence-corrected chi connectivity index (χ3v) is 5.85. The van der Waals surface area contributed by atoms with Gasteiger partial charge in [0.2, 0.25) is 11.8 Å². The Morgan fingerprint density at radius 3 is 2.67 bits per heavy atom. The van der Waals surface area contributed by atoms with Crippen molar-refractivity contribution in [1.29, 1.82) is 0 Å². The summed E-state index contributed by atoms with van der Waals surface area (Å²) in [6, 6.07) is 17.3. The number of aryl methyl sites for hydroxylation is 1. The average molecular weight is 450 g/mol. The molecule has 0 radical (unpaired) electrons. The molecule has 174 valence electrons. The lowest BCUT2D eigenvalue weighted by atomic mass is 10.2. The smallest absolute Gasteiger partial charge is 0.227 e. The molecule has 1 aliphatic rings. The molecular weight excluding hydrogens is 418 g/mol. The first-order chi connectivity index (χ1) is 16.1. The van der Waals surface area contributed by atoms with Gasteiger partial charge in [0.1, 0.15) is 11.5 Å². The van der Waals surface area contributed by atoms with Crippen LogP contribution in [-0.4, -0.2) is 47.0 Å². The number of carbonyl (C=O) groups excluding carboxylic acids is 1. The van der Waals surface area contributed by atoms with Crippen LogP contribution in [0.5, 0.6) is 17.4 Å². The maximum absolute atomic E-state index is 12.8. The number of rotatable bonds is 9. The standard InChI is InChI=1S/C26H31N3O4/c1-4-25(30)28(17-23-14-9-15-32-23)18-24-19(2)27-29(20-10-6-5-7-11-20)26(24)33-22-13-8-12-21(16-22)31-3/h5-8,10-13,16,23H,4,9,14-15,17-18H2,1-3H3/t23-/m0/s1. The lowest BCUT2D eigenvalue weighted by Gasteiger charge is -2.25. The highest BCUT2D eigenvalue weighted by molar-refractivity contribution is 5.76. The maximum atomic E-state index is 12.8. The quantitative estimate of drug-likeness (QED) is 0.465. The number of methoxy groups -OCH3 is 1. The number of aromatic nitrogens is 2. The van der Waals surface area contributed by atoms with E-state index in [0.717, 1.165) is 36.4 Å². The zero-order chi connectivity index (χ0) is 23.2. The van der Waals surface area contributed by atoms with Gasteiger partial charge in [-0.3, -0.25) is 4.79 Å². The number of amides is 1. The average Bonchev–Trinajstić information content (AvgIpc) is 3.47. The van der Waals surface area contributed by atoms with Crippen LogP contribution in [0.4, 0.5) is 0 Å². The molecule has 1 fully saturated rings. The van der Waals surface area contributed by atoms with E-state index >= 15 is 0 Å². The Morgan fingerprint density at radius 1 is 1.18 bits per heavy atom. The molecule has 33 heavy (non-hydrogen) atoms. The van der Waals surface area contributed by atoms with Crippen LogP contribution in [0.2, 0.25) is 0 Å². The molecule has 7 nitrogen and oxygen atoms in total. The third-order valence-electron chi connectivity index (χ3n) is 5.85. The highest BCUT2D eigenvalue weighted by Crippen LogP contribution is 2.33. The van der Waals surface area contributed by atoms with Crippen LogP contribution in [0, 0.1) is 6.92 Å². The Bertz CT molecular complexity index is 1070. The summed E-state index contributed by atoms with van der Waals surface area (Å²) in [4.78, 5) is 14.7. The molecule has 2 heterocycles. The number of carbonyl (C=O) groups is 1. The van der Waals surface area contributed by atoms with Crippen molar-refractivity contribution in [3.63, 3.8) is 0 Å². The second-order valence-electron chi connectivity index (χ2n) is 8.16. The van der Waals surface area contributed by atoms with Crippen LogP contribution in [0.3, 0.4) is 0 Å². The van der Waals surface area contributed by atoms with Crippen molar-refractivity contribution in [1.82, 2.24) is 14.7 Å². The number of ether oxygens (including phenoxy) is 3. The van der Waals surface area contributed by atoms with Crippen molar-refractivity contribution in [3.8, 4) is 23.1 Å². The van der Waals surface area contributed by atoms with Gasteiger partial charge in [0.05, 0.1) is 36.7 Å². The molecule has 1 saturated heterocycles. The van der Waals surface area contributed by atoms with Crippen LogP contribution in [-0.2, 0) is 16.1 Å². The van der Waals surface area contributed by atoms with Gasteiger partial charge in [-0.05, 0) is 44.0 Å². The molecule has 1 aromatic heterocycles. The van der Waals surface area contributed by atoms with E-state index in [4.69, 9.17) is 19.3 Å². The summed E-state index contributed by atoms with van der Waals surface area (Å²) in [6.45, 7) is 5.58. The van der Waals surface area contributed by atoms with E-state index in [2.05, 4.69) is 0 Å². The topological polar surface area (TPSA) is 65.8 Å². The first kappa shape index (κ1) is 22.9. The van der Waals surface area contributed by atoms with Gasteiger partial charge in [0.25, 0.3) is 0 Å². The van der Waals surface area contributed by atoms with E-state index in [9.17, 15) is 4.79 Å². The molecule has 1 amide bonds. The molecule has 3 aromatic rings. The Morgan fingerprint density at radius 2 is 1.97 bits per heavy atom. The second kappa shape index (κ2) is 10.5. The molecule has 4 rings (SSSR count). The highest BCUT2D eigenvalue weighted by atomic mass is 16.5. The lowest BCUT2D eigenvalue weighted by molar-refractivity contribution is -0.133. The van der Waals surface area contributed by atoms with E-state index in [1.165, 1.54) is 0 Å². The molecule has 1 aliphatic heterocycles. The lowest BCUT2D eigenvalue weighted by Crippen LogP contribution is -2.36. The molecule has 0 spiro atoms. The van der Waals surface area contributed by atoms with Crippen molar-refractivity contribution < 1.29 is 19.0 Å². The Hall–Kier alpha value is -3.32. The number of hydrogen-bond acceptors (Lipinski definition) is 5. The molecule has 1 atom stereocenters. The van der Waals surface area contributed by atoms with Crippen LogP contribution in [0.25, 0.3) is 5.69 Å². The fourth-order valence-electron chi connectivity index (χ4n) is 4.05. The van der Waals surface area contributed by atoms with Gasteiger partial charge in [-0.2, -0.15) is 5.10 Å². The molecule has 7 heteroatoms. The minimum Gasteiger partial charge on any atom is -0.497 e. The number of hydrogen-bond donors (Lipinski definition) is 0. The summed E-state index contributed by atoms with van der Waals surface area (Å²) >= 11 is 0. The van der Waals surface area contributed by atoms with Gasteiger partial charge in [0.15, 0.2) is 0 Å². The monoisotopic (exact) mass is 449 g/mol. The zero-order valence-electron chi connectivity index (χ0n) is 19.5. The summed E-state index contributed by atoms with van der Waals surface area (Å²) in [5.41, 5.74) is 2.58. The number of nitrogens with zero attached hydrogens (tertiary/aromatic N) is 3. The van der Waals surface area contributed by atoms with Crippen molar-refractivity contribution in [2.75, 3.05) is 20.3 Å². The van der Waals surface area contributed by atoms with E-state index in [1.807, 2.05) is 73.3 Å². The van der Waals surface area contributed by atoms with E-state index < -0.39 is 0 Å². The Kier molecular flexibility index (Phi) is 7.29. The molecule has 0 unspecified atom stereocenters. The van der Waals surface area contributed by atoms with E-state index in [-0.39, 0.29) is 12.0 Å². The number of benzene rings is 2. The fraction of sp³-hybridized carbons (Fsp3) is 0.385. The first-order valence-electron chi connectivity index (χ1n) is 11.4. The molecule has 0 aliphatic carbocycles. The summed E-state index contributed by atoms with van der Waals surface area (Å²) < 4.78 is 19.4. The van der Waals surface area contributed by atoms with Gasteiger partial charge < -0.3 is 19.1 Å². The summed E-state index contributed by atoms with van der Waals surface area (Å²) in [5, 5.41) is 4.78. The largest absolute Gasteiger partial charge is 0.497 e. The minimum absolute atomic E-state index is 0.0766. The molecule has 0 saturated carbocycles. The summed E-state index contributed by atoms with van der Waals surface area (Å²) in [6.07, 6.45) is 2.52. The SMILES string of the molecule is CCC(=O)N(Cc1c(C)nn(-c2ccccc2)c1Oc1cccc(OC)c1)C[C@@H]1CCCO1. The normalized spacial score (nSPS) is 15.4. The predicted molar refractivity (Wildman–Crippen MR) is 126 cm³/mol. The van der Waals surface area contributed by atoms with E-state index in [0.29, 0.717) is 36.9 Å². The summed E-state index contributed by atoms with van der Waals surface area (Å²) in [5.74, 6) is 2.02. The molecule has 2 aromatic carbocycles. The highest BCUT2D eigenvalue weighted by Gasteiger charge is 2.26. The van der Waals surface area contributed by atoms with E-state index in [1.54, 1.807) is 11.8 Å². The van der Waals surface area contributed by atoms with Gasteiger partial charge in [-0.25, -0.2) is 4.68 Å². The molecule has 0 N–H and O–H groups in total. The Labute approximate surface area is 194 Å². The molecular formula is C26H31N3O4. The van der Waals surface area contributed by atoms with Gasteiger partial charge in [0, 0.05) is 25.6 Å². The Balaban J connectivity index is 1.72. The van der Waals surface area contributed by atoms with Crippen LogP contribution >= 0.6 is 0 Å². The molecule has 0 bridgehead atoms. The van der Waals surface area contributed by atoms with Crippen LogP contribution < -0.4 is 9.47 Å². The van der Waals surface area contributed by atoms with Gasteiger partial charge in [-0.1, -0.05) is 31.2 Å². The van der Waals surface area contributed by atoms with Crippen molar-refractivity contribution in [3.05, 3.63) is 65.9 Å². The van der Waals surface area contributed by atoms with Crippen molar-refractivity contribution in [2.24, 2.45) is 0 Å². The van der Waals surface area contributed by atoms with Crippen LogP contribution in [0.15, 0.2) is 54.6 Å². The van der Waals surface area contributed by atoms with Crippen molar-refractivity contribution >= 4 is 5.91 Å². The first-order valence-corrected chi connectivity index (χ1v) is 11.4. The second-order valence-corrected chi connectivity index (χ2v) is 8.16. The predicted octanol–water partition coefficient (Wildman–Crippen LogP) is 4.90. The maximum Gasteiger partial charge on any atom is 0.227 e. The fourth-order valence-corrected chi connectivity index (χ4v) is 4.05. The minimum atomic E-state index is 0.0766. The van der Waals surface area contributed by atoms with Gasteiger partial charge in [-0.15, -0.1) is 0 Å². The van der Waals surface area contributed by atoms with Crippen molar-refractivity contribution in [2.45, 2.75) is 45.8 Å². The van der Waals surface area contributed by atoms with Crippen LogP contribution in [0.1, 0.15) is 37.4 Å². The number of para-hydroxylation sites is 1. The van der Waals surface area contributed by atoms with Gasteiger partial charge >= 0.3 is 0 Å². The zero-order valence-corrected chi connectivity index (χ0v) is 19.5. The third kappa shape index (κ3) is 5.37.